The molecule has 0 spiro atoms. The van der Waals surface area contributed by atoms with Crippen LogP contribution in [-0.2, 0) is 4.79 Å². The van der Waals surface area contributed by atoms with Crippen molar-refractivity contribution < 1.29 is 20.1 Å². The Kier molecular flexibility index (Phi) is 2.96. The van der Waals surface area contributed by atoms with Crippen LogP contribution in [0.3, 0.4) is 0 Å². The van der Waals surface area contributed by atoms with Gasteiger partial charge in [-0.25, -0.2) is 0 Å². The maximum Gasteiger partial charge on any atom is 0.154 e. The van der Waals surface area contributed by atoms with Crippen LogP contribution in [-0.4, -0.2) is 39.4 Å². The van der Waals surface area contributed by atoms with Gasteiger partial charge in [-0.3, -0.25) is 0 Å². The molecule has 0 saturated heterocycles. The van der Waals surface area contributed by atoms with Gasteiger partial charge < -0.3 is 20.1 Å². The zero-order valence-corrected chi connectivity index (χ0v) is 5.98. The molecular weight excluding hydrogens is 136 g/mol. The topological polar surface area (TPSA) is 77.8 Å². The predicted molar refractivity (Wildman–Crippen MR) is 34.4 cm³/mol. The molecule has 0 aliphatic carbocycles. The van der Waals surface area contributed by atoms with Gasteiger partial charge in [0.25, 0.3) is 0 Å². The van der Waals surface area contributed by atoms with Gasteiger partial charge in [0.1, 0.15) is 11.7 Å². The molecule has 0 amide bonds. The fraction of sp³-hybridized carbons (Fsp3) is 0.833. The summed E-state index contributed by atoms with van der Waals surface area (Å²) in [6.07, 6.45) is -2.34. The molecule has 10 heavy (non-hydrogen) atoms. The van der Waals surface area contributed by atoms with Crippen LogP contribution in [0.15, 0.2) is 0 Å². The van der Waals surface area contributed by atoms with Gasteiger partial charge in [0, 0.05) is 0 Å². The molecule has 0 rings (SSSR count). The van der Waals surface area contributed by atoms with E-state index in [0.717, 1.165) is 6.92 Å². The number of carbonyl (C=O) groups is 1. The molecule has 0 aromatic heterocycles. The Labute approximate surface area is 59.1 Å². The Hall–Kier alpha value is -0.450. The van der Waals surface area contributed by atoms with Crippen molar-refractivity contribution in [3.8, 4) is 0 Å². The highest BCUT2D eigenvalue weighted by atomic mass is 16.4. The Morgan fingerprint density at radius 2 is 1.90 bits per heavy atom. The van der Waals surface area contributed by atoms with Crippen LogP contribution in [0.2, 0.25) is 0 Å². The third-order valence-corrected chi connectivity index (χ3v) is 1.29. The van der Waals surface area contributed by atoms with E-state index in [4.69, 9.17) is 15.3 Å². The lowest BCUT2D eigenvalue weighted by Crippen LogP contribution is -2.46. The third kappa shape index (κ3) is 2.06. The lowest BCUT2D eigenvalue weighted by Gasteiger charge is -2.24. The van der Waals surface area contributed by atoms with E-state index in [2.05, 4.69) is 0 Å². The molecule has 0 heterocycles. The fourth-order valence-electron chi connectivity index (χ4n) is 0.558. The van der Waals surface area contributed by atoms with Crippen molar-refractivity contribution >= 4 is 6.29 Å². The van der Waals surface area contributed by atoms with Crippen LogP contribution in [0.5, 0.6) is 0 Å². The van der Waals surface area contributed by atoms with Crippen molar-refractivity contribution in [2.24, 2.45) is 0 Å². The molecule has 4 nitrogen and oxygen atoms in total. The van der Waals surface area contributed by atoms with Crippen molar-refractivity contribution in [2.75, 3.05) is 0 Å². The Morgan fingerprint density at radius 1 is 1.50 bits per heavy atom. The summed E-state index contributed by atoms with van der Waals surface area (Å²) >= 11 is 0. The molecule has 0 unspecified atom stereocenters. The van der Waals surface area contributed by atoms with Gasteiger partial charge in [-0.15, -0.1) is 0 Å². The second kappa shape index (κ2) is 3.09. The minimum atomic E-state index is -1.85. The summed E-state index contributed by atoms with van der Waals surface area (Å²) < 4.78 is 0. The summed E-state index contributed by atoms with van der Waals surface area (Å²) in [6, 6.07) is 0. The zero-order valence-electron chi connectivity index (χ0n) is 5.98. The van der Waals surface area contributed by atoms with E-state index in [1.54, 1.807) is 0 Å². The molecule has 0 aromatic rings. The lowest BCUT2D eigenvalue weighted by atomic mass is 9.97. The van der Waals surface area contributed by atoms with Gasteiger partial charge in [-0.1, -0.05) is 0 Å². The molecule has 0 aliphatic heterocycles. The highest BCUT2D eigenvalue weighted by molar-refractivity contribution is 5.62. The van der Waals surface area contributed by atoms with Crippen LogP contribution in [0.4, 0.5) is 0 Å². The number of aliphatic hydroxyl groups is 3. The van der Waals surface area contributed by atoms with E-state index >= 15 is 0 Å². The Bertz CT molecular complexity index is 119. The number of aldehydes is 1. The SMILES string of the molecule is C[C@H](O)[C@@H](O)[C@@](C)(O)C=O. The first-order chi connectivity index (χ1) is 4.41. The van der Waals surface area contributed by atoms with Gasteiger partial charge in [-0.05, 0) is 13.8 Å². The van der Waals surface area contributed by atoms with Crippen LogP contribution in [0.25, 0.3) is 0 Å². The normalized spacial score (nSPS) is 22.9. The third-order valence-electron chi connectivity index (χ3n) is 1.29. The Morgan fingerprint density at radius 3 is 2.00 bits per heavy atom. The zero-order chi connectivity index (χ0) is 8.36. The minimum absolute atomic E-state index is 0.199. The highest BCUT2D eigenvalue weighted by Gasteiger charge is 2.32. The van der Waals surface area contributed by atoms with Crippen LogP contribution in [0.1, 0.15) is 13.8 Å². The summed E-state index contributed by atoms with van der Waals surface area (Å²) in [5.41, 5.74) is -1.85. The molecule has 0 aliphatic rings. The molecule has 0 fully saturated rings. The van der Waals surface area contributed by atoms with E-state index in [-0.39, 0.29) is 6.29 Å². The molecular formula is C6H12O4. The van der Waals surface area contributed by atoms with Gasteiger partial charge in [0.2, 0.25) is 0 Å². The molecule has 0 bridgehead atoms. The summed E-state index contributed by atoms with van der Waals surface area (Å²) in [5.74, 6) is 0. The fourth-order valence-corrected chi connectivity index (χ4v) is 0.558. The minimum Gasteiger partial charge on any atom is -0.391 e. The molecule has 3 N–H and O–H groups in total. The summed E-state index contributed by atoms with van der Waals surface area (Å²) in [6.45, 7) is 2.43. The average Bonchev–Trinajstić information content (AvgIpc) is 1.86. The molecule has 0 radical (unpaired) electrons. The van der Waals surface area contributed by atoms with Crippen molar-refractivity contribution in [1.29, 1.82) is 0 Å². The van der Waals surface area contributed by atoms with Gasteiger partial charge in [-0.2, -0.15) is 0 Å². The molecule has 0 aromatic carbocycles. The van der Waals surface area contributed by atoms with E-state index in [9.17, 15) is 4.79 Å². The number of carbonyl (C=O) groups excluding carboxylic acids is 1. The van der Waals surface area contributed by atoms with Gasteiger partial charge in [0.15, 0.2) is 6.29 Å². The van der Waals surface area contributed by atoms with Crippen LogP contribution < -0.4 is 0 Å². The van der Waals surface area contributed by atoms with Gasteiger partial charge in [0.05, 0.1) is 6.10 Å². The number of hydrogen-bond acceptors (Lipinski definition) is 4. The number of aliphatic hydroxyl groups excluding tert-OH is 2. The quantitative estimate of drug-likeness (QED) is 0.434. The van der Waals surface area contributed by atoms with Crippen LogP contribution in [0, 0.1) is 0 Å². The Balaban J connectivity index is 4.17. The van der Waals surface area contributed by atoms with Gasteiger partial charge >= 0.3 is 0 Å². The van der Waals surface area contributed by atoms with E-state index in [1.165, 1.54) is 6.92 Å². The van der Waals surface area contributed by atoms with E-state index < -0.39 is 17.8 Å². The lowest BCUT2D eigenvalue weighted by molar-refractivity contribution is -0.143. The van der Waals surface area contributed by atoms with E-state index in [0.29, 0.717) is 0 Å². The molecule has 60 valence electrons. The molecule has 4 heteroatoms. The summed E-state index contributed by atoms with van der Waals surface area (Å²) in [7, 11) is 0. The second-order valence-electron chi connectivity index (χ2n) is 2.53. The van der Waals surface area contributed by atoms with Crippen molar-refractivity contribution in [2.45, 2.75) is 31.7 Å². The molecule has 0 saturated carbocycles. The van der Waals surface area contributed by atoms with Crippen molar-refractivity contribution in [3.05, 3.63) is 0 Å². The molecule has 3 atom stereocenters. The first-order valence-corrected chi connectivity index (χ1v) is 2.96. The maximum absolute atomic E-state index is 10.1. The second-order valence-corrected chi connectivity index (χ2v) is 2.53. The summed E-state index contributed by atoms with van der Waals surface area (Å²) in [5, 5.41) is 26.6. The monoisotopic (exact) mass is 148 g/mol. The van der Waals surface area contributed by atoms with Crippen molar-refractivity contribution in [1.82, 2.24) is 0 Å². The standard InChI is InChI=1S/C6H12O4/c1-4(8)5(9)6(2,10)3-7/h3-5,8-10H,1-2H3/t4-,5+,6-/m0/s1. The first kappa shape index (κ1) is 9.55. The summed E-state index contributed by atoms with van der Waals surface area (Å²) in [4.78, 5) is 10.1. The first-order valence-electron chi connectivity index (χ1n) is 2.96. The predicted octanol–water partition coefficient (Wildman–Crippen LogP) is -1.32. The highest BCUT2D eigenvalue weighted by Crippen LogP contribution is 2.09. The largest absolute Gasteiger partial charge is 0.391 e. The van der Waals surface area contributed by atoms with Crippen LogP contribution >= 0.6 is 0 Å². The average molecular weight is 148 g/mol. The maximum atomic E-state index is 10.1. The number of hydrogen-bond donors (Lipinski definition) is 3. The smallest absolute Gasteiger partial charge is 0.154 e. The number of rotatable bonds is 3. The van der Waals surface area contributed by atoms with E-state index in [1.807, 2.05) is 0 Å². The van der Waals surface area contributed by atoms with Crippen molar-refractivity contribution in [3.63, 3.8) is 0 Å².